The summed E-state index contributed by atoms with van der Waals surface area (Å²) in [5.74, 6) is 0.264. The molecule has 1 aromatic rings. The summed E-state index contributed by atoms with van der Waals surface area (Å²) in [5.41, 5.74) is 1.89. The molecule has 1 atom stereocenters. The fourth-order valence-corrected chi connectivity index (χ4v) is 3.20. The number of nitrogens with zero attached hydrogens (tertiary/aromatic N) is 1. The van der Waals surface area contributed by atoms with Crippen LogP contribution in [-0.2, 0) is 4.74 Å². The van der Waals surface area contributed by atoms with E-state index in [0.717, 1.165) is 50.9 Å². The van der Waals surface area contributed by atoms with E-state index >= 15 is 0 Å². The Morgan fingerprint density at radius 3 is 2.21 bits per heavy atom. The average Bonchev–Trinajstić information content (AvgIpc) is 2.68. The molecule has 1 N–H and O–H groups in total. The predicted molar refractivity (Wildman–Crippen MR) is 119 cm³/mol. The molecule has 5 nitrogen and oxygen atoms in total. The number of esters is 1. The van der Waals surface area contributed by atoms with Crippen molar-refractivity contribution in [1.29, 1.82) is 0 Å². The topological polar surface area (TPSA) is 58.6 Å². The second-order valence-corrected chi connectivity index (χ2v) is 8.20. The summed E-state index contributed by atoms with van der Waals surface area (Å²) in [6.07, 6.45) is 3.49. The summed E-state index contributed by atoms with van der Waals surface area (Å²) in [4.78, 5) is 27.5. The highest BCUT2D eigenvalue weighted by atomic mass is 16.5. The Morgan fingerprint density at radius 1 is 1.03 bits per heavy atom. The van der Waals surface area contributed by atoms with Crippen molar-refractivity contribution >= 4 is 11.9 Å². The molecule has 1 unspecified atom stereocenters. The molecule has 29 heavy (non-hydrogen) atoms. The van der Waals surface area contributed by atoms with Crippen molar-refractivity contribution in [3.8, 4) is 0 Å². The Bertz CT molecular complexity index is 637. The maximum Gasteiger partial charge on any atom is 0.338 e. The van der Waals surface area contributed by atoms with E-state index in [2.05, 4.69) is 33.0 Å². The number of amides is 1. The number of rotatable bonds is 13. The average molecular weight is 405 g/mol. The summed E-state index contributed by atoms with van der Waals surface area (Å²) in [6, 6.07) is 5.32. The molecule has 0 aliphatic carbocycles. The molecular formula is C24H40N2O3. The summed E-state index contributed by atoms with van der Waals surface area (Å²) in [7, 11) is 0. The van der Waals surface area contributed by atoms with E-state index in [1.54, 1.807) is 12.1 Å². The van der Waals surface area contributed by atoms with Crippen LogP contribution in [0, 0.1) is 12.8 Å². The van der Waals surface area contributed by atoms with Crippen LogP contribution in [0.4, 0.5) is 0 Å². The Morgan fingerprint density at radius 2 is 1.66 bits per heavy atom. The lowest BCUT2D eigenvalue weighted by molar-refractivity contribution is 0.0293. The fourth-order valence-electron chi connectivity index (χ4n) is 3.20. The third-order valence-electron chi connectivity index (χ3n) is 4.83. The zero-order valence-corrected chi connectivity index (χ0v) is 19.2. The van der Waals surface area contributed by atoms with Gasteiger partial charge >= 0.3 is 5.97 Å². The van der Waals surface area contributed by atoms with E-state index in [1.165, 1.54) is 0 Å². The Labute approximate surface area is 177 Å². The summed E-state index contributed by atoms with van der Waals surface area (Å²) in [6.45, 7) is 15.4. The van der Waals surface area contributed by atoms with Crippen LogP contribution < -0.4 is 5.32 Å². The van der Waals surface area contributed by atoms with Gasteiger partial charge in [0, 0.05) is 25.2 Å². The van der Waals surface area contributed by atoms with E-state index in [1.807, 2.05) is 24.8 Å². The number of hydrogen-bond donors (Lipinski definition) is 1. The van der Waals surface area contributed by atoms with Crippen molar-refractivity contribution in [2.24, 2.45) is 5.92 Å². The first-order chi connectivity index (χ1) is 13.8. The SMILES string of the molecule is CCCN(CCC)C(=O)c1cc(C)cc(C(=O)OC(CC)CNCCC(C)C)c1. The molecule has 1 amide bonds. The Hall–Kier alpha value is -1.88. The molecule has 0 bridgehead atoms. The van der Waals surface area contributed by atoms with Gasteiger partial charge in [0.1, 0.15) is 6.10 Å². The highest BCUT2D eigenvalue weighted by molar-refractivity contribution is 5.98. The van der Waals surface area contributed by atoms with E-state index in [9.17, 15) is 9.59 Å². The minimum Gasteiger partial charge on any atom is -0.457 e. The van der Waals surface area contributed by atoms with Gasteiger partial charge < -0.3 is 15.0 Å². The number of carbonyl (C=O) groups excluding carboxylic acids is 2. The van der Waals surface area contributed by atoms with Crippen LogP contribution in [0.2, 0.25) is 0 Å². The number of benzene rings is 1. The second-order valence-electron chi connectivity index (χ2n) is 8.20. The molecule has 0 aliphatic rings. The lowest BCUT2D eigenvalue weighted by atomic mass is 10.0. The van der Waals surface area contributed by atoms with Gasteiger partial charge in [-0.3, -0.25) is 4.79 Å². The van der Waals surface area contributed by atoms with E-state index in [-0.39, 0.29) is 18.0 Å². The fraction of sp³-hybridized carbons (Fsp3) is 0.667. The molecule has 5 heteroatoms. The largest absolute Gasteiger partial charge is 0.457 e. The van der Waals surface area contributed by atoms with Crippen LogP contribution in [0.25, 0.3) is 0 Å². The number of hydrogen-bond acceptors (Lipinski definition) is 4. The van der Waals surface area contributed by atoms with Gasteiger partial charge in [-0.2, -0.15) is 0 Å². The monoisotopic (exact) mass is 404 g/mol. The van der Waals surface area contributed by atoms with Crippen LogP contribution in [0.15, 0.2) is 18.2 Å². The molecule has 1 rings (SSSR count). The van der Waals surface area contributed by atoms with E-state index in [0.29, 0.717) is 23.6 Å². The number of carbonyl (C=O) groups is 2. The molecule has 0 aliphatic heterocycles. The van der Waals surface area contributed by atoms with Gasteiger partial charge in [-0.25, -0.2) is 4.79 Å². The third-order valence-corrected chi connectivity index (χ3v) is 4.83. The normalized spacial score (nSPS) is 12.1. The quantitative estimate of drug-likeness (QED) is 0.378. The lowest BCUT2D eigenvalue weighted by Gasteiger charge is -2.22. The van der Waals surface area contributed by atoms with Crippen LogP contribution in [0.3, 0.4) is 0 Å². The summed E-state index contributed by atoms with van der Waals surface area (Å²) >= 11 is 0. The molecule has 1 aromatic carbocycles. The standard InChI is InChI=1S/C24H40N2O3/c1-7-12-26(13-8-2)23(27)20-14-19(6)15-21(16-20)24(28)29-22(9-3)17-25-11-10-18(4)5/h14-16,18,22,25H,7-13,17H2,1-6H3. The number of aryl methyl sites for hydroxylation is 1. The van der Waals surface area contributed by atoms with Crippen LogP contribution in [0.5, 0.6) is 0 Å². The van der Waals surface area contributed by atoms with Gasteiger partial charge in [0.05, 0.1) is 5.56 Å². The molecule has 0 aromatic heterocycles. The van der Waals surface area contributed by atoms with Crippen molar-refractivity contribution in [2.45, 2.75) is 73.3 Å². The molecule has 0 radical (unpaired) electrons. The highest BCUT2D eigenvalue weighted by Gasteiger charge is 2.19. The predicted octanol–water partition coefficient (Wildman–Crippen LogP) is 4.83. The van der Waals surface area contributed by atoms with Gasteiger partial charge in [0.15, 0.2) is 0 Å². The molecular weight excluding hydrogens is 364 g/mol. The zero-order chi connectivity index (χ0) is 21.8. The lowest BCUT2D eigenvalue weighted by Crippen LogP contribution is -2.33. The Balaban J connectivity index is 2.84. The molecule has 0 spiro atoms. The highest BCUT2D eigenvalue weighted by Crippen LogP contribution is 2.15. The van der Waals surface area contributed by atoms with Gasteiger partial charge in [-0.1, -0.05) is 34.6 Å². The van der Waals surface area contributed by atoms with E-state index in [4.69, 9.17) is 4.74 Å². The maximum absolute atomic E-state index is 12.9. The smallest absolute Gasteiger partial charge is 0.338 e. The number of nitrogens with one attached hydrogen (secondary N) is 1. The second kappa shape index (κ2) is 13.4. The van der Waals surface area contributed by atoms with Crippen molar-refractivity contribution < 1.29 is 14.3 Å². The van der Waals surface area contributed by atoms with Crippen LogP contribution in [-0.4, -0.2) is 49.1 Å². The minimum atomic E-state index is -0.363. The van der Waals surface area contributed by atoms with Gasteiger partial charge in [0.25, 0.3) is 5.91 Å². The maximum atomic E-state index is 12.9. The molecule has 0 fully saturated rings. The molecule has 0 saturated heterocycles. The van der Waals surface area contributed by atoms with Crippen molar-refractivity contribution in [1.82, 2.24) is 10.2 Å². The molecule has 0 heterocycles. The van der Waals surface area contributed by atoms with Crippen LogP contribution in [0.1, 0.15) is 86.6 Å². The minimum absolute atomic E-state index is 0.0196. The van der Waals surface area contributed by atoms with Gasteiger partial charge in [-0.05, 0) is 68.8 Å². The van der Waals surface area contributed by atoms with Crippen LogP contribution >= 0.6 is 0 Å². The Kier molecular flexibility index (Phi) is 11.6. The molecule has 0 saturated carbocycles. The first-order valence-electron chi connectivity index (χ1n) is 11.1. The van der Waals surface area contributed by atoms with E-state index < -0.39 is 0 Å². The number of ether oxygens (including phenoxy) is 1. The van der Waals surface area contributed by atoms with Gasteiger partial charge in [0.2, 0.25) is 0 Å². The first-order valence-corrected chi connectivity index (χ1v) is 11.1. The van der Waals surface area contributed by atoms with Crippen molar-refractivity contribution in [2.75, 3.05) is 26.2 Å². The molecule has 164 valence electrons. The zero-order valence-electron chi connectivity index (χ0n) is 19.2. The summed E-state index contributed by atoms with van der Waals surface area (Å²) in [5, 5.41) is 3.37. The van der Waals surface area contributed by atoms with Gasteiger partial charge in [-0.15, -0.1) is 0 Å². The first kappa shape index (κ1) is 25.2. The third kappa shape index (κ3) is 8.99. The van der Waals surface area contributed by atoms with Crippen molar-refractivity contribution in [3.63, 3.8) is 0 Å². The summed E-state index contributed by atoms with van der Waals surface area (Å²) < 4.78 is 5.71. The van der Waals surface area contributed by atoms with Crippen molar-refractivity contribution in [3.05, 3.63) is 34.9 Å².